The van der Waals surface area contributed by atoms with Gasteiger partial charge in [0.15, 0.2) is 5.58 Å². The van der Waals surface area contributed by atoms with Gasteiger partial charge in [0.25, 0.3) is 0 Å². The number of piperazine rings is 1. The number of aryl methyl sites for hydroxylation is 1. The van der Waals surface area contributed by atoms with Crippen LogP contribution in [0.2, 0.25) is 0 Å². The molecule has 0 aliphatic carbocycles. The first-order chi connectivity index (χ1) is 16.0. The number of oxazole rings is 1. The van der Waals surface area contributed by atoms with E-state index in [1.54, 1.807) is 30.1 Å². The van der Waals surface area contributed by atoms with Gasteiger partial charge >= 0.3 is 11.9 Å². The van der Waals surface area contributed by atoms with Gasteiger partial charge < -0.3 is 14.6 Å². The van der Waals surface area contributed by atoms with Crippen molar-refractivity contribution in [1.29, 1.82) is 0 Å². The SMILES string of the molecule is CC(=O)N1CCN(CC(=O)Nc2ccc3c(c2)oc(=O)n3C)C[C@H]1c1ccc(C(F)(F)F)cc1. The molecule has 0 bridgehead atoms. The molecule has 4 rings (SSSR count). The first-order valence-electron chi connectivity index (χ1n) is 10.6. The third-order valence-electron chi connectivity index (χ3n) is 5.94. The average molecular weight is 476 g/mol. The summed E-state index contributed by atoms with van der Waals surface area (Å²) in [6.07, 6.45) is -4.44. The molecule has 1 aliphatic rings. The molecule has 1 aliphatic heterocycles. The number of alkyl halides is 3. The van der Waals surface area contributed by atoms with Crippen LogP contribution in [-0.4, -0.2) is 52.4 Å². The molecule has 2 heterocycles. The van der Waals surface area contributed by atoms with Crippen LogP contribution in [0.15, 0.2) is 51.7 Å². The van der Waals surface area contributed by atoms with Gasteiger partial charge in [0.2, 0.25) is 11.8 Å². The normalized spacial score (nSPS) is 17.2. The van der Waals surface area contributed by atoms with Crippen LogP contribution in [0.5, 0.6) is 0 Å². The molecular formula is C23H23F3N4O4. The first kappa shape index (κ1) is 23.6. The molecule has 0 spiro atoms. The maximum atomic E-state index is 12.9. The molecule has 11 heteroatoms. The summed E-state index contributed by atoms with van der Waals surface area (Å²) >= 11 is 0. The molecule has 1 atom stereocenters. The number of fused-ring (bicyclic) bond motifs is 1. The summed E-state index contributed by atoms with van der Waals surface area (Å²) in [6.45, 7) is 2.52. The van der Waals surface area contributed by atoms with E-state index >= 15 is 0 Å². The van der Waals surface area contributed by atoms with E-state index in [9.17, 15) is 27.6 Å². The minimum absolute atomic E-state index is 0.0274. The fraction of sp³-hybridized carbons (Fsp3) is 0.348. The lowest BCUT2D eigenvalue weighted by Crippen LogP contribution is -2.51. The van der Waals surface area contributed by atoms with Crippen molar-refractivity contribution in [3.05, 3.63) is 64.1 Å². The number of benzene rings is 2. The van der Waals surface area contributed by atoms with Crippen molar-refractivity contribution in [3.8, 4) is 0 Å². The van der Waals surface area contributed by atoms with Crippen LogP contribution in [0, 0.1) is 0 Å². The molecule has 1 saturated heterocycles. The number of hydrogen-bond donors (Lipinski definition) is 1. The Hall–Kier alpha value is -3.60. The Morgan fingerprint density at radius 1 is 1.12 bits per heavy atom. The Kier molecular flexibility index (Phi) is 6.22. The molecule has 3 aromatic rings. The van der Waals surface area contributed by atoms with Crippen LogP contribution >= 0.6 is 0 Å². The summed E-state index contributed by atoms with van der Waals surface area (Å²) in [7, 11) is 1.58. The van der Waals surface area contributed by atoms with Gasteiger partial charge in [-0.05, 0) is 29.8 Å². The minimum Gasteiger partial charge on any atom is -0.408 e. The Morgan fingerprint density at radius 3 is 2.47 bits per heavy atom. The standard InChI is InChI=1S/C23H23F3N4O4/c1-14(31)30-10-9-29(12-19(30)15-3-5-16(6-4-15)23(24,25)26)13-21(32)27-17-7-8-18-20(11-17)34-22(33)28(18)2/h3-8,11,19H,9-10,12-13H2,1-2H3,(H,27,32)/t19-/m0/s1. The summed E-state index contributed by atoms with van der Waals surface area (Å²) in [5.41, 5.74) is 1.22. The van der Waals surface area contributed by atoms with Gasteiger partial charge in [-0.3, -0.25) is 19.1 Å². The number of hydrogen-bond acceptors (Lipinski definition) is 5. The zero-order valence-corrected chi connectivity index (χ0v) is 18.6. The van der Waals surface area contributed by atoms with E-state index in [0.29, 0.717) is 42.0 Å². The highest BCUT2D eigenvalue weighted by Gasteiger charge is 2.33. The highest BCUT2D eigenvalue weighted by molar-refractivity contribution is 5.94. The molecule has 34 heavy (non-hydrogen) atoms. The highest BCUT2D eigenvalue weighted by atomic mass is 19.4. The van der Waals surface area contributed by atoms with Crippen molar-refractivity contribution >= 4 is 28.6 Å². The van der Waals surface area contributed by atoms with Gasteiger partial charge in [-0.2, -0.15) is 13.2 Å². The summed E-state index contributed by atoms with van der Waals surface area (Å²) in [4.78, 5) is 39.9. The predicted molar refractivity (Wildman–Crippen MR) is 118 cm³/mol. The Labute approximate surface area is 192 Å². The predicted octanol–water partition coefficient (Wildman–Crippen LogP) is 2.99. The molecule has 1 N–H and O–H groups in total. The lowest BCUT2D eigenvalue weighted by molar-refractivity contribution is -0.138. The molecule has 0 unspecified atom stereocenters. The third kappa shape index (κ3) is 4.84. The molecule has 180 valence electrons. The fourth-order valence-electron chi connectivity index (χ4n) is 4.15. The van der Waals surface area contributed by atoms with Gasteiger partial charge in [-0.15, -0.1) is 0 Å². The Morgan fingerprint density at radius 2 is 1.82 bits per heavy atom. The van der Waals surface area contributed by atoms with E-state index in [1.165, 1.54) is 23.6 Å². The van der Waals surface area contributed by atoms with Crippen LogP contribution in [0.3, 0.4) is 0 Å². The summed E-state index contributed by atoms with van der Waals surface area (Å²) in [5.74, 6) is -0.997. The fourth-order valence-corrected chi connectivity index (χ4v) is 4.15. The van der Waals surface area contributed by atoms with E-state index in [2.05, 4.69) is 5.32 Å². The largest absolute Gasteiger partial charge is 0.419 e. The van der Waals surface area contributed by atoms with Crippen molar-refractivity contribution < 1.29 is 27.2 Å². The maximum absolute atomic E-state index is 12.9. The highest BCUT2D eigenvalue weighted by Crippen LogP contribution is 2.32. The van der Waals surface area contributed by atoms with Crippen molar-refractivity contribution in [1.82, 2.24) is 14.4 Å². The second kappa shape index (κ2) is 8.98. The quantitative estimate of drug-likeness (QED) is 0.626. The van der Waals surface area contributed by atoms with Crippen LogP contribution in [0.1, 0.15) is 24.1 Å². The molecule has 0 saturated carbocycles. The van der Waals surface area contributed by atoms with E-state index in [1.807, 2.05) is 4.90 Å². The monoisotopic (exact) mass is 476 g/mol. The van der Waals surface area contributed by atoms with Gasteiger partial charge in [0.1, 0.15) is 0 Å². The molecule has 1 fully saturated rings. The first-order valence-corrected chi connectivity index (χ1v) is 10.6. The van der Waals surface area contributed by atoms with Crippen molar-refractivity contribution in [2.45, 2.75) is 19.1 Å². The second-order valence-corrected chi connectivity index (χ2v) is 8.24. The zero-order chi connectivity index (χ0) is 24.6. The minimum atomic E-state index is -4.44. The number of anilines is 1. The number of carbonyl (C=O) groups excluding carboxylic acids is 2. The van der Waals surface area contributed by atoms with Crippen LogP contribution < -0.4 is 11.1 Å². The topological polar surface area (TPSA) is 87.8 Å². The average Bonchev–Trinajstić information content (AvgIpc) is 3.05. The van der Waals surface area contributed by atoms with Gasteiger partial charge in [-0.1, -0.05) is 12.1 Å². The smallest absolute Gasteiger partial charge is 0.408 e. The lowest BCUT2D eigenvalue weighted by Gasteiger charge is -2.41. The van der Waals surface area contributed by atoms with Crippen molar-refractivity contribution in [3.63, 3.8) is 0 Å². The Balaban J connectivity index is 1.45. The van der Waals surface area contributed by atoms with E-state index < -0.39 is 23.5 Å². The number of halogens is 3. The van der Waals surface area contributed by atoms with Crippen LogP contribution in [0.4, 0.5) is 18.9 Å². The third-order valence-corrected chi connectivity index (χ3v) is 5.94. The number of nitrogens with one attached hydrogen (secondary N) is 1. The number of carbonyl (C=O) groups is 2. The molecule has 1 aromatic heterocycles. The van der Waals surface area contributed by atoms with Crippen molar-refractivity contribution in [2.24, 2.45) is 7.05 Å². The van der Waals surface area contributed by atoms with E-state index in [-0.39, 0.29) is 18.4 Å². The number of aromatic nitrogens is 1. The maximum Gasteiger partial charge on any atom is 0.419 e. The second-order valence-electron chi connectivity index (χ2n) is 8.24. The molecule has 2 amide bonds. The zero-order valence-electron chi connectivity index (χ0n) is 18.6. The lowest BCUT2D eigenvalue weighted by atomic mass is 10.0. The van der Waals surface area contributed by atoms with Crippen molar-refractivity contribution in [2.75, 3.05) is 31.5 Å². The molecule has 8 nitrogen and oxygen atoms in total. The van der Waals surface area contributed by atoms with Gasteiger partial charge in [0.05, 0.1) is 23.7 Å². The van der Waals surface area contributed by atoms with Gasteiger partial charge in [-0.25, -0.2) is 4.79 Å². The van der Waals surface area contributed by atoms with Gasteiger partial charge in [0, 0.05) is 45.4 Å². The van der Waals surface area contributed by atoms with E-state index in [4.69, 9.17) is 4.42 Å². The molecule has 2 aromatic carbocycles. The Bertz CT molecular complexity index is 1280. The number of rotatable bonds is 4. The number of nitrogens with zero attached hydrogens (tertiary/aromatic N) is 3. The molecular weight excluding hydrogens is 453 g/mol. The van der Waals surface area contributed by atoms with E-state index in [0.717, 1.165) is 12.1 Å². The molecule has 0 radical (unpaired) electrons. The van der Waals surface area contributed by atoms with Crippen LogP contribution in [0.25, 0.3) is 11.1 Å². The summed E-state index contributed by atoms with van der Waals surface area (Å²) in [6, 6.07) is 9.15. The van der Waals surface area contributed by atoms with Crippen LogP contribution in [-0.2, 0) is 22.8 Å². The summed E-state index contributed by atoms with van der Waals surface area (Å²) in [5, 5.41) is 2.77. The summed E-state index contributed by atoms with van der Waals surface area (Å²) < 4.78 is 45.2. The number of amides is 2.